The van der Waals surface area contributed by atoms with Gasteiger partial charge in [-0.2, -0.15) is 0 Å². The van der Waals surface area contributed by atoms with Gasteiger partial charge in [0.25, 0.3) is 0 Å². The van der Waals surface area contributed by atoms with Gasteiger partial charge in [-0.25, -0.2) is 0 Å². The van der Waals surface area contributed by atoms with Crippen LogP contribution in [-0.2, 0) is 9.53 Å². The van der Waals surface area contributed by atoms with E-state index in [-0.39, 0.29) is 24.0 Å². The number of phenols is 1. The summed E-state index contributed by atoms with van der Waals surface area (Å²) < 4.78 is 21.5. The largest absolute Gasteiger partial charge is 0.504 e. The van der Waals surface area contributed by atoms with Crippen molar-refractivity contribution in [2.24, 2.45) is 0 Å². The van der Waals surface area contributed by atoms with Gasteiger partial charge < -0.3 is 28.8 Å². The van der Waals surface area contributed by atoms with Crippen LogP contribution in [0.1, 0.15) is 17.0 Å². The van der Waals surface area contributed by atoms with Gasteiger partial charge in [0.05, 0.1) is 18.6 Å². The molecule has 0 bridgehead atoms. The lowest BCUT2D eigenvalue weighted by Crippen LogP contribution is -2.12. The molecule has 2 aromatic rings. The summed E-state index contributed by atoms with van der Waals surface area (Å²) in [5.41, 5.74) is 1.17. The maximum atomic E-state index is 11.6. The molecule has 1 unspecified atom stereocenters. The molecule has 0 amide bonds. The Hall–Kier alpha value is -2.99. The molecule has 0 aliphatic carbocycles. The number of phenolic OH excluding ortho intramolecular Hbond substituents is 1. The standard InChI is InChI=1S/C19H18O6/c1-22-11-24-16-9-15-17(18(21)19(16)23-2)13(10-20)8-14(25-15)12-6-4-3-5-7-12/h3-10,13,21H,11H2,1-2H3. The highest BCUT2D eigenvalue weighted by atomic mass is 16.7. The minimum Gasteiger partial charge on any atom is -0.504 e. The molecule has 1 atom stereocenters. The smallest absolute Gasteiger partial charge is 0.203 e. The number of hydrogen-bond donors (Lipinski definition) is 1. The number of ether oxygens (including phenoxy) is 4. The molecule has 1 N–H and O–H groups in total. The minimum absolute atomic E-state index is 0.0208. The second-order valence-electron chi connectivity index (χ2n) is 5.38. The number of aldehydes is 1. The average Bonchev–Trinajstić information content (AvgIpc) is 2.66. The Morgan fingerprint density at radius 3 is 2.64 bits per heavy atom. The number of carbonyl (C=O) groups is 1. The quantitative estimate of drug-likeness (QED) is 0.642. The van der Waals surface area contributed by atoms with Crippen LogP contribution in [0.25, 0.3) is 5.76 Å². The summed E-state index contributed by atoms with van der Waals surface area (Å²) in [6, 6.07) is 11.0. The van der Waals surface area contributed by atoms with Gasteiger partial charge in [0.1, 0.15) is 17.8 Å². The molecule has 0 radical (unpaired) electrons. The first-order chi connectivity index (χ1) is 12.2. The summed E-state index contributed by atoms with van der Waals surface area (Å²) >= 11 is 0. The monoisotopic (exact) mass is 342 g/mol. The first-order valence-electron chi connectivity index (χ1n) is 7.65. The van der Waals surface area contributed by atoms with Crippen molar-refractivity contribution in [3.05, 3.63) is 53.6 Å². The summed E-state index contributed by atoms with van der Waals surface area (Å²) in [7, 11) is 2.89. The Morgan fingerprint density at radius 2 is 2.00 bits per heavy atom. The first kappa shape index (κ1) is 16.9. The van der Waals surface area contributed by atoms with Gasteiger partial charge >= 0.3 is 0 Å². The van der Waals surface area contributed by atoms with E-state index in [1.54, 1.807) is 12.1 Å². The van der Waals surface area contributed by atoms with Gasteiger partial charge in [0, 0.05) is 18.7 Å². The van der Waals surface area contributed by atoms with E-state index in [0.717, 1.165) is 11.8 Å². The first-order valence-corrected chi connectivity index (χ1v) is 7.65. The summed E-state index contributed by atoms with van der Waals surface area (Å²) in [4.78, 5) is 11.6. The number of methoxy groups -OCH3 is 2. The van der Waals surface area contributed by atoms with Crippen LogP contribution in [0.3, 0.4) is 0 Å². The zero-order chi connectivity index (χ0) is 17.8. The molecule has 6 heteroatoms. The van der Waals surface area contributed by atoms with Gasteiger partial charge in [-0.15, -0.1) is 0 Å². The van der Waals surface area contributed by atoms with Crippen molar-refractivity contribution in [1.82, 2.24) is 0 Å². The zero-order valence-electron chi connectivity index (χ0n) is 13.9. The molecular weight excluding hydrogens is 324 g/mol. The molecule has 130 valence electrons. The van der Waals surface area contributed by atoms with Gasteiger partial charge in [-0.05, 0) is 6.08 Å². The highest BCUT2D eigenvalue weighted by Crippen LogP contribution is 2.50. The van der Waals surface area contributed by atoms with Crippen molar-refractivity contribution in [1.29, 1.82) is 0 Å². The van der Waals surface area contributed by atoms with Crippen LogP contribution in [0, 0.1) is 0 Å². The van der Waals surface area contributed by atoms with Gasteiger partial charge in [-0.1, -0.05) is 30.3 Å². The molecule has 1 aliphatic heterocycles. The van der Waals surface area contributed by atoms with Crippen LogP contribution in [0.15, 0.2) is 42.5 Å². The van der Waals surface area contributed by atoms with E-state index >= 15 is 0 Å². The summed E-state index contributed by atoms with van der Waals surface area (Å²) in [5.74, 6) is 0.411. The fourth-order valence-corrected chi connectivity index (χ4v) is 2.72. The number of rotatable bonds is 6. The number of aromatic hydroxyl groups is 1. The molecule has 0 fully saturated rings. The molecule has 0 saturated carbocycles. The molecule has 6 nitrogen and oxygen atoms in total. The van der Waals surface area contributed by atoms with Gasteiger partial charge in [0.15, 0.2) is 18.3 Å². The molecule has 1 aliphatic rings. The van der Waals surface area contributed by atoms with E-state index in [4.69, 9.17) is 18.9 Å². The second-order valence-corrected chi connectivity index (χ2v) is 5.38. The van der Waals surface area contributed by atoms with E-state index < -0.39 is 5.92 Å². The van der Waals surface area contributed by atoms with E-state index in [2.05, 4.69) is 0 Å². The molecule has 3 rings (SSSR count). The van der Waals surface area contributed by atoms with Gasteiger partial charge in [-0.3, -0.25) is 0 Å². The Kier molecular flexibility index (Phi) is 4.90. The van der Waals surface area contributed by atoms with E-state index in [1.165, 1.54) is 14.2 Å². The molecule has 1 heterocycles. The highest BCUT2D eigenvalue weighted by molar-refractivity contribution is 5.80. The third-order valence-corrected chi connectivity index (χ3v) is 3.85. The summed E-state index contributed by atoms with van der Waals surface area (Å²) in [6.07, 6.45) is 2.42. The number of hydrogen-bond acceptors (Lipinski definition) is 6. The number of allylic oxidation sites excluding steroid dienone is 1. The molecular formula is C19H18O6. The second kappa shape index (κ2) is 7.27. The van der Waals surface area contributed by atoms with Crippen molar-refractivity contribution in [3.8, 4) is 23.0 Å². The molecule has 0 saturated heterocycles. The van der Waals surface area contributed by atoms with Crippen LogP contribution in [0.2, 0.25) is 0 Å². The SMILES string of the molecule is COCOc1cc2c(c(O)c1OC)C(C=O)C=C(c1ccccc1)O2. The van der Waals surface area contributed by atoms with Crippen molar-refractivity contribution >= 4 is 12.0 Å². The minimum atomic E-state index is -0.663. The summed E-state index contributed by atoms with van der Waals surface area (Å²) in [5, 5.41) is 10.6. The lowest BCUT2D eigenvalue weighted by molar-refractivity contribution is -0.108. The Morgan fingerprint density at radius 1 is 1.24 bits per heavy atom. The van der Waals surface area contributed by atoms with Crippen LogP contribution < -0.4 is 14.2 Å². The molecule has 0 aromatic heterocycles. The predicted octanol–water partition coefficient (Wildman–Crippen LogP) is 3.10. The third kappa shape index (κ3) is 3.16. The summed E-state index contributed by atoms with van der Waals surface area (Å²) in [6.45, 7) is -0.0208. The van der Waals surface area contributed by atoms with Crippen LogP contribution in [0.5, 0.6) is 23.0 Å². The van der Waals surface area contributed by atoms with E-state index in [9.17, 15) is 9.90 Å². The maximum Gasteiger partial charge on any atom is 0.203 e. The predicted molar refractivity (Wildman–Crippen MR) is 91.0 cm³/mol. The van der Waals surface area contributed by atoms with Crippen LogP contribution in [0.4, 0.5) is 0 Å². The number of fused-ring (bicyclic) bond motifs is 1. The topological polar surface area (TPSA) is 74.2 Å². The maximum absolute atomic E-state index is 11.6. The third-order valence-electron chi connectivity index (χ3n) is 3.85. The van der Waals surface area contributed by atoms with Crippen molar-refractivity contribution in [3.63, 3.8) is 0 Å². The molecule has 0 spiro atoms. The lowest BCUT2D eigenvalue weighted by Gasteiger charge is -2.25. The highest BCUT2D eigenvalue weighted by Gasteiger charge is 2.30. The van der Waals surface area contributed by atoms with Crippen LogP contribution >= 0.6 is 0 Å². The molecule has 2 aromatic carbocycles. The Bertz CT molecular complexity index is 797. The van der Waals surface area contributed by atoms with Crippen molar-refractivity contribution in [2.75, 3.05) is 21.0 Å². The Balaban J connectivity index is 2.09. The van der Waals surface area contributed by atoms with E-state index in [1.807, 2.05) is 30.3 Å². The lowest BCUT2D eigenvalue weighted by atomic mass is 9.93. The van der Waals surface area contributed by atoms with E-state index in [0.29, 0.717) is 17.1 Å². The van der Waals surface area contributed by atoms with Gasteiger partial charge in [0.2, 0.25) is 5.75 Å². The van der Waals surface area contributed by atoms with Crippen molar-refractivity contribution < 1.29 is 28.8 Å². The van der Waals surface area contributed by atoms with Crippen LogP contribution in [-0.4, -0.2) is 32.4 Å². The normalized spacial score (nSPS) is 15.6. The number of benzene rings is 2. The average molecular weight is 342 g/mol. The fraction of sp³-hybridized carbons (Fsp3) is 0.211. The fourth-order valence-electron chi connectivity index (χ4n) is 2.72. The number of carbonyl (C=O) groups excluding carboxylic acids is 1. The zero-order valence-corrected chi connectivity index (χ0v) is 13.9. The Labute approximate surface area is 145 Å². The molecule has 25 heavy (non-hydrogen) atoms. The van der Waals surface area contributed by atoms with Crippen molar-refractivity contribution in [2.45, 2.75) is 5.92 Å².